The molecule has 1 unspecified atom stereocenters. The molecule has 2 aromatic rings. The van der Waals surface area contributed by atoms with Gasteiger partial charge in [0.2, 0.25) is 5.91 Å². The van der Waals surface area contributed by atoms with Gasteiger partial charge < -0.3 is 5.32 Å². The molecule has 24 heavy (non-hydrogen) atoms. The Hall–Kier alpha value is -1.41. The molecule has 1 heterocycles. The molecule has 0 spiro atoms. The lowest BCUT2D eigenvalue weighted by molar-refractivity contribution is -0.118. The predicted octanol–water partition coefficient (Wildman–Crippen LogP) is 3.65. The van der Waals surface area contributed by atoms with Gasteiger partial charge in [-0.1, -0.05) is 31.5 Å². The number of nitrogens with one attached hydrogen (secondary N) is 2. The second-order valence-electron chi connectivity index (χ2n) is 5.72. The molecular formula is C16H19ClN2O3S2. The van der Waals surface area contributed by atoms with Gasteiger partial charge in [-0.2, -0.15) is 4.72 Å². The first-order valence-corrected chi connectivity index (χ1v) is 10.1. The van der Waals surface area contributed by atoms with E-state index in [9.17, 15) is 13.2 Å². The van der Waals surface area contributed by atoms with E-state index < -0.39 is 22.0 Å². The molecule has 130 valence electrons. The number of amides is 1. The summed E-state index contributed by atoms with van der Waals surface area (Å²) in [5.74, 6) is -0.622. The van der Waals surface area contributed by atoms with Gasteiger partial charge in [0.05, 0.1) is 0 Å². The fourth-order valence-electron chi connectivity index (χ4n) is 2.11. The lowest BCUT2D eigenvalue weighted by atomic mass is 10.0. The van der Waals surface area contributed by atoms with Crippen molar-refractivity contribution >= 4 is 44.6 Å². The number of anilines is 1. The monoisotopic (exact) mass is 386 g/mol. The molecule has 1 atom stereocenters. The summed E-state index contributed by atoms with van der Waals surface area (Å²) < 4.78 is 27.4. The van der Waals surface area contributed by atoms with Crippen molar-refractivity contribution in [1.29, 1.82) is 0 Å². The van der Waals surface area contributed by atoms with E-state index in [1.165, 1.54) is 6.07 Å². The summed E-state index contributed by atoms with van der Waals surface area (Å²) >= 11 is 7.01. The van der Waals surface area contributed by atoms with Crippen LogP contribution in [-0.4, -0.2) is 20.4 Å². The largest absolute Gasteiger partial charge is 0.324 e. The maximum atomic E-state index is 12.6. The molecule has 0 aliphatic carbocycles. The molecule has 0 radical (unpaired) electrons. The summed E-state index contributed by atoms with van der Waals surface area (Å²) in [6.45, 7) is 5.40. The smallest absolute Gasteiger partial charge is 0.250 e. The average Bonchev–Trinajstić information content (AvgIpc) is 3.02. The van der Waals surface area contributed by atoms with Gasteiger partial charge in [0.25, 0.3) is 10.0 Å². The summed E-state index contributed by atoms with van der Waals surface area (Å²) in [5, 5.41) is 5.02. The highest BCUT2D eigenvalue weighted by Gasteiger charge is 2.29. The minimum Gasteiger partial charge on any atom is -0.324 e. The highest BCUT2D eigenvalue weighted by atomic mass is 35.5. The van der Waals surface area contributed by atoms with Crippen molar-refractivity contribution in [2.75, 3.05) is 5.32 Å². The number of thiophene rings is 1. The van der Waals surface area contributed by atoms with E-state index in [0.29, 0.717) is 10.7 Å². The van der Waals surface area contributed by atoms with Crippen molar-refractivity contribution in [3.05, 3.63) is 46.3 Å². The van der Waals surface area contributed by atoms with Gasteiger partial charge in [-0.25, -0.2) is 8.42 Å². The van der Waals surface area contributed by atoms with Gasteiger partial charge in [0.15, 0.2) is 0 Å². The molecular weight excluding hydrogens is 368 g/mol. The van der Waals surface area contributed by atoms with Gasteiger partial charge in [0, 0.05) is 10.7 Å². The number of hydrogen-bond donors (Lipinski definition) is 2. The molecule has 0 saturated carbocycles. The quantitative estimate of drug-likeness (QED) is 0.795. The standard InChI is InChI=1S/C16H19ClN2O3S2/c1-10(2)15(19-24(21,22)14-5-4-8-23-14)16(20)18-13-7-6-12(17)9-11(13)3/h4-10,15,19H,1-3H3,(H,18,20). The van der Waals surface area contributed by atoms with Crippen LogP contribution in [-0.2, 0) is 14.8 Å². The van der Waals surface area contributed by atoms with Crippen LogP contribution in [0.25, 0.3) is 0 Å². The Morgan fingerprint density at radius 3 is 2.50 bits per heavy atom. The van der Waals surface area contributed by atoms with Crippen molar-refractivity contribution in [1.82, 2.24) is 4.72 Å². The van der Waals surface area contributed by atoms with Crippen molar-refractivity contribution in [2.45, 2.75) is 31.0 Å². The Balaban J connectivity index is 2.19. The number of carbonyl (C=O) groups excluding carboxylic acids is 1. The second-order valence-corrected chi connectivity index (χ2v) is 9.05. The summed E-state index contributed by atoms with van der Waals surface area (Å²) in [5.41, 5.74) is 1.41. The highest BCUT2D eigenvalue weighted by molar-refractivity contribution is 7.91. The van der Waals surface area contributed by atoms with Gasteiger partial charge in [-0.3, -0.25) is 4.79 Å². The van der Waals surface area contributed by atoms with Crippen LogP contribution < -0.4 is 10.0 Å². The third-order valence-electron chi connectivity index (χ3n) is 3.44. The number of halogens is 1. The van der Waals surface area contributed by atoms with Crippen molar-refractivity contribution in [3.63, 3.8) is 0 Å². The lowest BCUT2D eigenvalue weighted by Crippen LogP contribution is -2.46. The van der Waals surface area contributed by atoms with E-state index in [1.807, 2.05) is 6.92 Å². The van der Waals surface area contributed by atoms with E-state index in [4.69, 9.17) is 11.6 Å². The minimum atomic E-state index is -3.73. The third kappa shape index (κ3) is 4.57. The number of rotatable bonds is 6. The Morgan fingerprint density at radius 2 is 1.96 bits per heavy atom. The van der Waals surface area contributed by atoms with Crippen molar-refractivity contribution in [3.8, 4) is 0 Å². The topological polar surface area (TPSA) is 75.3 Å². The zero-order valence-corrected chi connectivity index (χ0v) is 15.9. The molecule has 5 nitrogen and oxygen atoms in total. The molecule has 0 aliphatic heterocycles. The zero-order valence-electron chi connectivity index (χ0n) is 13.5. The number of sulfonamides is 1. The molecule has 0 fully saturated rings. The maximum absolute atomic E-state index is 12.6. The second kappa shape index (κ2) is 7.65. The first-order chi connectivity index (χ1) is 11.2. The van der Waals surface area contributed by atoms with Crippen LogP contribution in [0.2, 0.25) is 5.02 Å². The summed E-state index contributed by atoms with van der Waals surface area (Å²) in [7, 11) is -3.73. The zero-order chi connectivity index (χ0) is 17.9. The molecule has 2 N–H and O–H groups in total. The fourth-order valence-corrected chi connectivity index (χ4v) is 4.69. The van der Waals surface area contributed by atoms with Crippen LogP contribution in [0.5, 0.6) is 0 Å². The SMILES string of the molecule is Cc1cc(Cl)ccc1NC(=O)C(NS(=O)(=O)c1cccs1)C(C)C. The Kier molecular flexibility index (Phi) is 6.03. The van der Waals surface area contributed by atoms with Gasteiger partial charge in [-0.15, -0.1) is 11.3 Å². The molecule has 1 aromatic carbocycles. The van der Waals surface area contributed by atoms with Crippen LogP contribution in [0.15, 0.2) is 39.9 Å². The Labute approximate surface area is 151 Å². The van der Waals surface area contributed by atoms with Crippen LogP contribution in [0, 0.1) is 12.8 Å². The van der Waals surface area contributed by atoms with Gasteiger partial charge in [0.1, 0.15) is 10.3 Å². The number of hydrogen-bond acceptors (Lipinski definition) is 4. The van der Waals surface area contributed by atoms with Crippen molar-refractivity contribution < 1.29 is 13.2 Å². The first kappa shape index (κ1) is 18.9. The van der Waals surface area contributed by atoms with E-state index in [1.54, 1.807) is 43.5 Å². The number of aryl methyl sites for hydroxylation is 1. The summed E-state index contributed by atoms with van der Waals surface area (Å²) in [6.07, 6.45) is 0. The Morgan fingerprint density at radius 1 is 1.25 bits per heavy atom. The molecule has 2 rings (SSSR count). The van der Waals surface area contributed by atoms with E-state index in [2.05, 4.69) is 10.0 Å². The van der Waals surface area contributed by atoms with Crippen LogP contribution in [0.4, 0.5) is 5.69 Å². The van der Waals surface area contributed by atoms with Crippen LogP contribution in [0.3, 0.4) is 0 Å². The van der Waals surface area contributed by atoms with E-state index in [0.717, 1.165) is 16.9 Å². The first-order valence-electron chi connectivity index (χ1n) is 7.33. The molecule has 8 heteroatoms. The highest BCUT2D eigenvalue weighted by Crippen LogP contribution is 2.21. The summed E-state index contributed by atoms with van der Waals surface area (Å²) in [6, 6.07) is 7.38. The van der Waals surface area contributed by atoms with Crippen LogP contribution in [0.1, 0.15) is 19.4 Å². The van der Waals surface area contributed by atoms with Crippen LogP contribution >= 0.6 is 22.9 Å². The van der Waals surface area contributed by atoms with Gasteiger partial charge in [-0.05, 0) is 48.1 Å². The average molecular weight is 387 g/mol. The predicted molar refractivity (Wildman–Crippen MR) is 98.1 cm³/mol. The molecule has 0 bridgehead atoms. The van der Waals surface area contributed by atoms with Crippen molar-refractivity contribution in [2.24, 2.45) is 5.92 Å². The number of benzene rings is 1. The Bertz CT molecular complexity index is 818. The maximum Gasteiger partial charge on any atom is 0.250 e. The molecule has 0 aliphatic rings. The molecule has 1 amide bonds. The molecule has 0 saturated heterocycles. The van der Waals surface area contributed by atoms with Gasteiger partial charge >= 0.3 is 0 Å². The number of carbonyl (C=O) groups is 1. The normalized spacial score (nSPS) is 13.0. The summed E-state index contributed by atoms with van der Waals surface area (Å²) in [4.78, 5) is 12.6. The molecule has 1 aromatic heterocycles. The fraction of sp³-hybridized carbons (Fsp3) is 0.312. The van der Waals surface area contributed by atoms with E-state index in [-0.39, 0.29) is 10.1 Å². The third-order valence-corrected chi connectivity index (χ3v) is 6.51. The lowest BCUT2D eigenvalue weighted by Gasteiger charge is -2.21. The minimum absolute atomic E-state index is 0.184. The van der Waals surface area contributed by atoms with E-state index >= 15 is 0 Å².